The molecule has 1 aromatic rings. The van der Waals surface area contributed by atoms with E-state index in [4.69, 9.17) is 4.74 Å². The molecule has 7 nitrogen and oxygen atoms in total. The molecule has 0 bridgehead atoms. The number of piperidine rings is 1. The summed E-state index contributed by atoms with van der Waals surface area (Å²) in [5, 5.41) is 13.5. The van der Waals surface area contributed by atoms with Crippen molar-refractivity contribution in [3.63, 3.8) is 0 Å². The minimum absolute atomic E-state index is 0.115. The Hall–Kier alpha value is -2.51. The normalized spacial score (nSPS) is 19.3. The number of aliphatic hydroxyl groups excluding tert-OH is 1. The summed E-state index contributed by atoms with van der Waals surface area (Å²) in [7, 11) is 0. The van der Waals surface area contributed by atoms with Crippen molar-refractivity contribution in [3.8, 4) is 0 Å². The van der Waals surface area contributed by atoms with Crippen molar-refractivity contribution in [1.82, 2.24) is 10.2 Å². The lowest BCUT2D eigenvalue weighted by atomic mass is 10.0. The van der Waals surface area contributed by atoms with Gasteiger partial charge in [0.2, 0.25) is 0 Å². The molecular weight excluding hydrogens is 346 g/mol. The summed E-state index contributed by atoms with van der Waals surface area (Å²) in [4.78, 5) is 29.6. The van der Waals surface area contributed by atoms with Crippen molar-refractivity contribution in [2.45, 2.75) is 38.5 Å². The first-order valence-corrected chi connectivity index (χ1v) is 9.14. The van der Waals surface area contributed by atoms with Gasteiger partial charge in [-0.3, -0.25) is 9.79 Å². The number of likely N-dealkylation sites (tertiary alicyclic amines) is 1. The van der Waals surface area contributed by atoms with Crippen LogP contribution in [-0.2, 0) is 16.1 Å². The lowest BCUT2D eigenvalue weighted by molar-refractivity contribution is -0.115. The van der Waals surface area contributed by atoms with Gasteiger partial charge >= 0.3 is 5.97 Å². The van der Waals surface area contributed by atoms with E-state index < -0.39 is 6.10 Å². The third kappa shape index (κ3) is 4.61. The number of fused-ring (bicyclic) bond motifs is 1. The van der Waals surface area contributed by atoms with Crippen LogP contribution < -0.4 is 5.32 Å². The van der Waals surface area contributed by atoms with E-state index in [1.807, 2.05) is 6.07 Å². The van der Waals surface area contributed by atoms with Crippen LogP contribution in [0, 0.1) is 0 Å². The van der Waals surface area contributed by atoms with Crippen molar-refractivity contribution in [1.29, 1.82) is 0 Å². The molecule has 2 aliphatic heterocycles. The maximum atomic E-state index is 12.0. The van der Waals surface area contributed by atoms with Gasteiger partial charge in [-0.05, 0) is 37.5 Å². The number of nitrogens with zero attached hydrogens (tertiary/aromatic N) is 2. The van der Waals surface area contributed by atoms with E-state index in [-0.39, 0.29) is 24.5 Å². The Kier molecular flexibility index (Phi) is 6.03. The van der Waals surface area contributed by atoms with Crippen LogP contribution >= 0.6 is 0 Å². The molecule has 1 fully saturated rings. The summed E-state index contributed by atoms with van der Waals surface area (Å²) in [5.74, 6) is -0.466. The standard InChI is InChI=1S/C20H25N3O4/c1-3-21-13(2)19(25)22-16-6-8-23(9-7-16)11-18(24)14-4-5-17-15(10-14)12-27-20(17)26/h3-5,10,16,18,24H,1,6-9,11-12H2,2H3,(H,22,25)/b21-13+/t18-/m0/s1. The minimum Gasteiger partial charge on any atom is -0.457 e. The molecule has 0 radical (unpaired) electrons. The van der Waals surface area contributed by atoms with Crippen LogP contribution in [0.1, 0.15) is 47.4 Å². The predicted molar refractivity (Wildman–Crippen MR) is 101 cm³/mol. The number of hydrogen-bond donors (Lipinski definition) is 2. The first-order valence-electron chi connectivity index (χ1n) is 9.14. The SMILES string of the molecule is C=C/N=C(\C)C(=O)NC1CCN(C[C@H](O)c2ccc3c(c2)COC3=O)CC1. The second-order valence-electron chi connectivity index (χ2n) is 6.95. The fourth-order valence-corrected chi connectivity index (χ4v) is 3.46. The molecule has 2 aliphatic rings. The van der Waals surface area contributed by atoms with Gasteiger partial charge < -0.3 is 20.1 Å². The summed E-state index contributed by atoms with van der Waals surface area (Å²) < 4.78 is 5.00. The molecule has 1 aromatic carbocycles. The van der Waals surface area contributed by atoms with E-state index in [1.54, 1.807) is 19.1 Å². The van der Waals surface area contributed by atoms with E-state index >= 15 is 0 Å². The van der Waals surface area contributed by atoms with Gasteiger partial charge in [0.15, 0.2) is 0 Å². The summed E-state index contributed by atoms with van der Waals surface area (Å²) >= 11 is 0. The van der Waals surface area contributed by atoms with Crippen LogP contribution in [0.3, 0.4) is 0 Å². The first-order chi connectivity index (χ1) is 13.0. The van der Waals surface area contributed by atoms with Crippen LogP contribution in [0.4, 0.5) is 0 Å². The molecule has 2 N–H and O–H groups in total. The van der Waals surface area contributed by atoms with Gasteiger partial charge in [-0.15, -0.1) is 0 Å². The van der Waals surface area contributed by atoms with E-state index in [0.29, 0.717) is 17.8 Å². The Labute approximate surface area is 158 Å². The molecule has 0 unspecified atom stereocenters. The molecule has 0 saturated carbocycles. The number of nitrogens with one attached hydrogen (secondary N) is 1. The fourth-order valence-electron chi connectivity index (χ4n) is 3.46. The number of aliphatic hydroxyl groups is 1. The number of ether oxygens (including phenoxy) is 1. The highest BCUT2D eigenvalue weighted by molar-refractivity contribution is 6.38. The van der Waals surface area contributed by atoms with Crippen LogP contribution in [0.2, 0.25) is 0 Å². The zero-order valence-corrected chi connectivity index (χ0v) is 15.5. The maximum absolute atomic E-state index is 12.0. The van der Waals surface area contributed by atoms with Gasteiger partial charge in [-0.25, -0.2) is 4.79 Å². The highest BCUT2D eigenvalue weighted by Gasteiger charge is 2.25. The monoisotopic (exact) mass is 371 g/mol. The molecule has 0 aliphatic carbocycles. The smallest absolute Gasteiger partial charge is 0.338 e. The topological polar surface area (TPSA) is 91.2 Å². The number of benzene rings is 1. The zero-order valence-electron chi connectivity index (χ0n) is 15.5. The predicted octanol–water partition coefficient (Wildman–Crippen LogP) is 1.58. The lowest BCUT2D eigenvalue weighted by Gasteiger charge is -2.33. The molecule has 144 valence electrons. The van der Waals surface area contributed by atoms with Crippen LogP contribution in [-0.4, -0.2) is 53.3 Å². The Morgan fingerprint density at radius 2 is 2.22 bits per heavy atom. The maximum Gasteiger partial charge on any atom is 0.338 e. The highest BCUT2D eigenvalue weighted by Crippen LogP contribution is 2.25. The molecular formula is C20H25N3O4. The van der Waals surface area contributed by atoms with E-state index in [2.05, 4.69) is 21.8 Å². The molecule has 1 saturated heterocycles. The van der Waals surface area contributed by atoms with Crippen molar-refractivity contribution in [2.24, 2.45) is 4.99 Å². The largest absolute Gasteiger partial charge is 0.457 e. The number of cyclic esters (lactones) is 1. The minimum atomic E-state index is -0.626. The summed E-state index contributed by atoms with van der Waals surface area (Å²) in [6, 6.07) is 5.46. The number of aliphatic imine (C=N–C) groups is 1. The third-order valence-corrected chi connectivity index (χ3v) is 5.06. The number of carbonyl (C=O) groups excluding carboxylic acids is 2. The van der Waals surface area contributed by atoms with Crippen molar-refractivity contribution in [3.05, 3.63) is 47.7 Å². The zero-order chi connectivity index (χ0) is 19.4. The lowest BCUT2D eigenvalue weighted by Crippen LogP contribution is -2.46. The Balaban J connectivity index is 1.49. The van der Waals surface area contributed by atoms with Crippen LogP contribution in [0.15, 0.2) is 36.0 Å². The van der Waals surface area contributed by atoms with Crippen LogP contribution in [0.5, 0.6) is 0 Å². The van der Waals surface area contributed by atoms with Gasteiger partial charge in [0, 0.05) is 37.4 Å². The van der Waals surface area contributed by atoms with E-state index in [0.717, 1.165) is 37.1 Å². The number of amides is 1. The highest BCUT2D eigenvalue weighted by atomic mass is 16.5. The number of carbonyl (C=O) groups is 2. The number of rotatable bonds is 6. The Morgan fingerprint density at radius 3 is 2.93 bits per heavy atom. The average molecular weight is 371 g/mol. The molecule has 1 amide bonds. The van der Waals surface area contributed by atoms with Crippen LogP contribution in [0.25, 0.3) is 0 Å². The fraction of sp³-hybridized carbons (Fsp3) is 0.450. The molecule has 0 spiro atoms. The van der Waals surface area contributed by atoms with Gasteiger partial charge in [-0.1, -0.05) is 12.6 Å². The van der Waals surface area contributed by atoms with Gasteiger partial charge in [0.1, 0.15) is 12.3 Å². The molecule has 7 heteroatoms. The van der Waals surface area contributed by atoms with E-state index in [1.165, 1.54) is 6.20 Å². The summed E-state index contributed by atoms with van der Waals surface area (Å²) in [6.45, 7) is 7.54. The van der Waals surface area contributed by atoms with E-state index in [9.17, 15) is 14.7 Å². The third-order valence-electron chi connectivity index (χ3n) is 5.06. The van der Waals surface area contributed by atoms with Gasteiger partial charge in [0.25, 0.3) is 5.91 Å². The molecule has 0 aromatic heterocycles. The number of β-amino-alcohol motifs (C(OH)–C–C–N with tert-alkyl or cyclic N) is 1. The Morgan fingerprint density at radius 1 is 1.48 bits per heavy atom. The van der Waals surface area contributed by atoms with Crippen molar-refractivity contribution >= 4 is 17.6 Å². The van der Waals surface area contributed by atoms with Crippen molar-refractivity contribution < 1.29 is 19.4 Å². The second-order valence-corrected chi connectivity index (χ2v) is 6.95. The number of esters is 1. The average Bonchev–Trinajstić information content (AvgIpc) is 3.04. The van der Waals surface area contributed by atoms with Crippen molar-refractivity contribution in [2.75, 3.05) is 19.6 Å². The molecule has 2 heterocycles. The molecule has 1 atom stereocenters. The van der Waals surface area contributed by atoms with Gasteiger partial charge in [-0.2, -0.15) is 0 Å². The second kappa shape index (κ2) is 8.45. The molecule has 3 rings (SSSR count). The summed E-state index contributed by atoms with van der Waals surface area (Å²) in [5.41, 5.74) is 2.60. The quantitative estimate of drug-likeness (QED) is 0.585. The first kappa shape index (κ1) is 19.3. The Bertz CT molecular complexity index is 766. The molecule has 27 heavy (non-hydrogen) atoms. The summed E-state index contributed by atoms with van der Waals surface area (Å²) in [6.07, 6.45) is 2.39. The van der Waals surface area contributed by atoms with Gasteiger partial charge in [0.05, 0.1) is 11.7 Å². The number of hydrogen-bond acceptors (Lipinski definition) is 6.